The van der Waals surface area contributed by atoms with Crippen LogP contribution < -0.4 is 5.56 Å². The van der Waals surface area contributed by atoms with Gasteiger partial charge >= 0.3 is 12.1 Å². The van der Waals surface area contributed by atoms with Gasteiger partial charge in [-0.05, 0) is 17.7 Å². The molecule has 1 aromatic heterocycles. The summed E-state index contributed by atoms with van der Waals surface area (Å²) in [7, 11) is 0. The summed E-state index contributed by atoms with van der Waals surface area (Å²) in [5.41, 5.74) is -1.50. The van der Waals surface area contributed by atoms with Gasteiger partial charge in [0.05, 0.1) is 12.1 Å². The van der Waals surface area contributed by atoms with Gasteiger partial charge in [-0.3, -0.25) is 4.79 Å². The lowest BCUT2D eigenvalue weighted by Gasteiger charge is -2.07. The Balaban J connectivity index is 2.23. The van der Waals surface area contributed by atoms with Crippen LogP contribution >= 0.6 is 0 Å². The molecule has 0 aliphatic heterocycles. The van der Waals surface area contributed by atoms with Gasteiger partial charge in [0.25, 0.3) is 5.56 Å². The van der Waals surface area contributed by atoms with E-state index in [9.17, 15) is 22.8 Å². The van der Waals surface area contributed by atoms with E-state index in [1.807, 2.05) is 0 Å². The molecule has 2 rings (SSSR count). The number of alkyl halides is 3. The molecule has 0 fully saturated rings. The van der Waals surface area contributed by atoms with Gasteiger partial charge in [-0.15, -0.1) is 0 Å². The zero-order valence-electron chi connectivity index (χ0n) is 9.94. The maximum absolute atomic E-state index is 12.4. The van der Waals surface area contributed by atoms with Crippen LogP contribution in [0.1, 0.15) is 21.5 Å². The Hall–Kier alpha value is -2.51. The number of nitrogens with one attached hydrogen (secondary N) is 1. The van der Waals surface area contributed by atoms with Crippen molar-refractivity contribution in [1.82, 2.24) is 9.78 Å². The Bertz CT molecular complexity index is 683. The molecule has 1 aromatic carbocycles. The van der Waals surface area contributed by atoms with Crippen molar-refractivity contribution in [3.05, 3.63) is 57.5 Å². The molecule has 0 saturated heterocycles. The fourth-order valence-electron chi connectivity index (χ4n) is 1.66. The number of aromatic amines is 1. The Morgan fingerprint density at radius 2 is 1.85 bits per heavy atom. The molecule has 0 spiro atoms. The average molecular weight is 286 g/mol. The molecule has 0 bridgehead atoms. The molecule has 1 heterocycles. The van der Waals surface area contributed by atoms with Crippen molar-refractivity contribution in [2.45, 2.75) is 12.7 Å². The lowest BCUT2D eigenvalue weighted by atomic mass is 10.1. The molecule has 0 radical (unpaired) electrons. The van der Waals surface area contributed by atoms with Crippen molar-refractivity contribution in [2.75, 3.05) is 0 Å². The predicted molar refractivity (Wildman–Crippen MR) is 62.6 cm³/mol. The van der Waals surface area contributed by atoms with Gasteiger partial charge in [0, 0.05) is 6.20 Å². The van der Waals surface area contributed by atoms with Gasteiger partial charge in [0.15, 0.2) is 0 Å². The zero-order valence-corrected chi connectivity index (χ0v) is 9.94. The van der Waals surface area contributed by atoms with E-state index in [1.54, 1.807) is 0 Å². The minimum atomic E-state index is -4.42. The summed E-state index contributed by atoms with van der Waals surface area (Å²) < 4.78 is 38.1. The molecule has 0 aliphatic carbocycles. The van der Waals surface area contributed by atoms with Crippen molar-refractivity contribution < 1.29 is 23.1 Å². The van der Waals surface area contributed by atoms with Gasteiger partial charge in [0.2, 0.25) is 0 Å². The van der Waals surface area contributed by atoms with Gasteiger partial charge in [0.1, 0.15) is 5.56 Å². The standard InChI is InChI=1S/C12H9F3N2O3/c13-12(14,15)8-3-1-7(2-4-8)6-17-10(18)9(5-16-17)11(19)20/h1-5,16H,6H2,(H,19,20). The first-order valence-electron chi connectivity index (χ1n) is 5.46. The molecular formula is C12H9F3N2O3. The molecule has 0 unspecified atom stereocenters. The van der Waals surface area contributed by atoms with Crippen molar-refractivity contribution in [3.8, 4) is 0 Å². The molecule has 8 heteroatoms. The van der Waals surface area contributed by atoms with E-state index in [2.05, 4.69) is 5.10 Å². The van der Waals surface area contributed by atoms with E-state index in [0.29, 0.717) is 5.56 Å². The van der Waals surface area contributed by atoms with Gasteiger partial charge in [-0.2, -0.15) is 13.2 Å². The number of aromatic nitrogens is 2. The summed E-state index contributed by atoms with van der Waals surface area (Å²) in [6.07, 6.45) is -3.38. The molecule has 0 aliphatic rings. The predicted octanol–water partition coefficient (Wildman–Crippen LogP) is 1.94. The van der Waals surface area contributed by atoms with Gasteiger partial charge < -0.3 is 10.2 Å². The van der Waals surface area contributed by atoms with Crippen molar-refractivity contribution in [1.29, 1.82) is 0 Å². The number of rotatable bonds is 3. The maximum Gasteiger partial charge on any atom is 0.416 e. The van der Waals surface area contributed by atoms with E-state index >= 15 is 0 Å². The lowest BCUT2D eigenvalue weighted by molar-refractivity contribution is -0.137. The number of hydrogen-bond acceptors (Lipinski definition) is 2. The normalized spacial score (nSPS) is 11.6. The minimum absolute atomic E-state index is 0.0374. The summed E-state index contributed by atoms with van der Waals surface area (Å²) in [5.74, 6) is -1.36. The zero-order chi connectivity index (χ0) is 14.9. The number of hydrogen-bond donors (Lipinski definition) is 2. The fourth-order valence-corrected chi connectivity index (χ4v) is 1.66. The van der Waals surface area contributed by atoms with E-state index < -0.39 is 28.8 Å². The highest BCUT2D eigenvalue weighted by Crippen LogP contribution is 2.29. The number of carboxylic acids is 1. The first kappa shape index (κ1) is 13.9. The van der Waals surface area contributed by atoms with E-state index in [0.717, 1.165) is 23.0 Å². The molecular weight excluding hydrogens is 277 g/mol. The van der Waals surface area contributed by atoms with Crippen LogP contribution in [-0.2, 0) is 12.7 Å². The summed E-state index contributed by atoms with van der Waals surface area (Å²) in [6.45, 7) is -0.0374. The third-order valence-electron chi connectivity index (χ3n) is 2.69. The van der Waals surface area contributed by atoms with E-state index in [4.69, 9.17) is 5.11 Å². The second kappa shape index (κ2) is 4.87. The number of nitrogens with zero attached hydrogens (tertiary/aromatic N) is 1. The average Bonchev–Trinajstić information content (AvgIpc) is 2.71. The van der Waals surface area contributed by atoms with E-state index in [-0.39, 0.29) is 6.54 Å². The number of benzene rings is 1. The van der Waals surface area contributed by atoms with Crippen LogP contribution in [0.5, 0.6) is 0 Å². The van der Waals surface area contributed by atoms with E-state index in [1.165, 1.54) is 12.1 Å². The number of halogens is 3. The monoisotopic (exact) mass is 286 g/mol. The largest absolute Gasteiger partial charge is 0.477 e. The fraction of sp³-hybridized carbons (Fsp3) is 0.167. The Labute approximate surface area is 110 Å². The first-order chi connectivity index (χ1) is 9.29. The van der Waals surface area contributed by atoms with Crippen LogP contribution in [0, 0.1) is 0 Å². The number of carbonyl (C=O) groups is 1. The summed E-state index contributed by atoms with van der Waals surface area (Å²) in [4.78, 5) is 22.3. The quantitative estimate of drug-likeness (QED) is 0.905. The Morgan fingerprint density at radius 1 is 1.25 bits per heavy atom. The number of H-pyrrole nitrogens is 1. The van der Waals surface area contributed by atoms with Gasteiger partial charge in [-0.1, -0.05) is 12.1 Å². The maximum atomic E-state index is 12.4. The van der Waals surface area contributed by atoms with Crippen LogP contribution in [-0.4, -0.2) is 20.9 Å². The molecule has 5 nitrogen and oxygen atoms in total. The van der Waals surface area contributed by atoms with Crippen LogP contribution in [0.2, 0.25) is 0 Å². The third kappa shape index (κ3) is 2.73. The second-order valence-corrected chi connectivity index (χ2v) is 4.08. The van der Waals surface area contributed by atoms with Crippen LogP contribution in [0.25, 0.3) is 0 Å². The second-order valence-electron chi connectivity index (χ2n) is 4.08. The Kier molecular flexibility index (Phi) is 3.39. The topological polar surface area (TPSA) is 75.1 Å². The van der Waals surface area contributed by atoms with Crippen LogP contribution in [0.3, 0.4) is 0 Å². The third-order valence-corrected chi connectivity index (χ3v) is 2.69. The van der Waals surface area contributed by atoms with Crippen LogP contribution in [0.15, 0.2) is 35.3 Å². The summed E-state index contributed by atoms with van der Waals surface area (Å²) in [5, 5.41) is 11.2. The number of aromatic carboxylic acids is 1. The molecule has 20 heavy (non-hydrogen) atoms. The highest BCUT2D eigenvalue weighted by molar-refractivity contribution is 5.86. The lowest BCUT2D eigenvalue weighted by Crippen LogP contribution is -2.22. The Morgan fingerprint density at radius 3 is 2.30 bits per heavy atom. The molecule has 0 saturated carbocycles. The molecule has 0 amide bonds. The molecule has 106 valence electrons. The number of carboxylic acid groups (broad SMARTS) is 1. The van der Waals surface area contributed by atoms with Crippen molar-refractivity contribution in [3.63, 3.8) is 0 Å². The first-order valence-corrected chi connectivity index (χ1v) is 5.46. The summed E-state index contributed by atoms with van der Waals surface area (Å²) in [6, 6.07) is 4.27. The summed E-state index contributed by atoms with van der Waals surface area (Å²) >= 11 is 0. The van der Waals surface area contributed by atoms with Crippen molar-refractivity contribution >= 4 is 5.97 Å². The smallest absolute Gasteiger partial charge is 0.416 e. The van der Waals surface area contributed by atoms with Gasteiger partial charge in [-0.25, -0.2) is 9.48 Å². The molecule has 2 aromatic rings. The highest BCUT2D eigenvalue weighted by atomic mass is 19.4. The minimum Gasteiger partial charge on any atom is -0.477 e. The highest BCUT2D eigenvalue weighted by Gasteiger charge is 2.29. The van der Waals surface area contributed by atoms with Crippen molar-refractivity contribution in [2.24, 2.45) is 0 Å². The van der Waals surface area contributed by atoms with Crippen LogP contribution in [0.4, 0.5) is 13.2 Å². The SMILES string of the molecule is O=C(O)c1c[nH]n(Cc2ccc(C(F)(F)F)cc2)c1=O. The molecule has 0 atom stereocenters. The molecule has 2 N–H and O–H groups in total.